The molecule has 1 heterocycles. The number of halogens is 1. The molecule has 16 heavy (non-hydrogen) atoms. The fraction of sp³-hybridized carbons (Fsp3) is 0.846. The van der Waals surface area contributed by atoms with Crippen molar-refractivity contribution in [1.29, 1.82) is 0 Å². The third-order valence-electron chi connectivity index (χ3n) is 2.81. The highest BCUT2D eigenvalue weighted by atomic mass is 19.1. The Balaban J connectivity index is 0.00000106. The van der Waals surface area contributed by atoms with Crippen LogP contribution in [0.1, 0.15) is 27.2 Å². The highest BCUT2D eigenvalue weighted by Crippen LogP contribution is 2.22. The zero-order valence-electron chi connectivity index (χ0n) is 11.5. The van der Waals surface area contributed by atoms with Crippen molar-refractivity contribution in [2.45, 2.75) is 33.4 Å². The van der Waals surface area contributed by atoms with Crippen LogP contribution in [-0.4, -0.2) is 49.7 Å². The molecule has 0 radical (unpaired) electrons. The summed E-state index contributed by atoms with van der Waals surface area (Å²) in [6.45, 7) is 12.3. The molecule has 0 N–H and O–H groups in total. The summed E-state index contributed by atoms with van der Waals surface area (Å²) < 4.78 is 13.4. The summed E-state index contributed by atoms with van der Waals surface area (Å²) in [6.07, 6.45) is 0.246. The van der Waals surface area contributed by atoms with E-state index in [4.69, 9.17) is 0 Å². The molecule has 2 nitrogen and oxygen atoms in total. The molecule has 0 amide bonds. The second kappa shape index (κ2) is 7.66. The van der Waals surface area contributed by atoms with Crippen molar-refractivity contribution in [3.8, 4) is 0 Å². The minimum Gasteiger partial charge on any atom is -0.371 e. The largest absolute Gasteiger partial charge is 0.371 e. The van der Waals surface area contributed by atoms with Gasteiger partial charge in [-0.25, -0.2) is 4.39 Å². The van der Waals surface area contributed by atoms with Crippen LogP contribution < -0.4 is 0 Å². The van der Waals surface area contributed by atoms with Gasteiger partial charge in [-0.1, -0.05) is 27.4 Å². The number of hydrogen-bond acceptors (Lipinski definition) is 2. The molecule has 2 atom stereocenters. The molecule has 1 fully saturated rings. The van der Waals surface area contributed by atoms with E-state index in [1.54, 1.807) is 0 Å². The lowest BCUT2D eigenvalue weighted by molar-refractivity contribution is 0.112. The third kappa shape index (κ3) is 4.97. The fourth-order valence-electron chi connectivity index (χ4n) is 1.77. The maximum absolute atomic E-state index is 13.4. The smallest absolute Gasteiger partial charge is 0.120 e. The van der Waals surface area contributed by atoms with Gasteiger partial charge in [-0.15, -0.1) is 0 Å². The van der Waals surface area contributed by atoms with Crippen LogP contribution >= 0.6 is 0 Å². The molecule has 0 aromatic heterocycles. The summed E-state index contributed by atoms with van der Waals surface area (Å²) in [5.41, 5.74) is 1.03. The summed E-state index contributed by atoms with van der Waals surface area (Å²) >= 11 is 0. The Hall–Kier alpha value is -0.570. The molecule has 0 spiro atoms. The normalized spacial score (nSPS) is 25.1. The van der Waals surface area contributed by atoms with Crippen molar-refractivity contribution in [3.05, 3.63) is 12.3 Å². The molecule has 96 valence electrons. The number of hydrogen-bond donors (Lipinski definition) is 0. The van der Waals surface area contributed by atoms with Gasteiger partial charge in [0.1, 0.15) is 6.17 Å². The van der Waals surface area contributed by atoms with Gasteiger partial charge in [0.25, 0.3) is 0 Å². The van der Waals surface area contributed by atoms with Gasteiger partial charge >= 0.3 is 0 Å². The van der Waals surface area contributed by atoms with E-state index in [-0.39, 0.29) is 5.92 Å². The maximum atomic E-state index is 13.4. The van der Waals surface area contributed by atoms with Crippen molar-refractivity contribution >= 4 is 0 Å². The topological polar surface area (TPSA) is 6.48 Å². The summed E-state index contributed by atoms with van der Waals surface area (Å²) in [5, 5.41) is 0. The molecular weight excluding hydrogens is 203 g/mol. The molecule has 3 heteroatoms. The molecule has 0 saturated carbocycles. The standard InChI is InChI=1S/C11H21FN2.C2H6/c1-9-5-6-14(8-11(9)12)10(2)7-13(3)4;1-2/h9,11H,2,5-8H2,1,3-4H3;1-2H3. The van der Waals surface area contributed by atoms with E-state index in [1.807, 2.05) is 34.9 Å². The van der Waals surface area contributed by atoms with E-state index < -0.39 is 6.17 Å². The van der Waals surface area contributed by atoms with Crippen LogP contribution in [0.3, 0.4) is 0 Å². The Morgan fingerprint density at radius 2 is 2.00 bits per heavy atom. The molecule has 1 saturated heterocycles. The Morgan fingerprint density at radius 1 is 1.44 bits per heavy atom. The van der Waals surface area contributed by atoms with Crippen LogP contribution in [0.2, 0.25) is 0 Å². The van der Waals surface area contributed by atoms with Crippen LogP contribution in [0.15, 0.2) is 12.3 Å². The van der Waals surface area contributed by atoms with Gasteiger partial charge in [0, 0.05) is 25.3 Å². The monoisotopic (exact) mass is 230 g/mol. The van der Waals surface area contributed by atoms with Crippen molar-refractivity contribution < 1.29 is 4.39 Å². The lowest BCUT2D eigenvalue weighted by Gasteiger charge is -2.36. The van der Waals surface area contributed by atoms with Crippen molar-refractivity contribution in [1.82, 2.24) is 9.80 Å². The van der Waals surface area contributed by atoms with E-state index in [0.29, 0.717) is 6.54 Å². The van der Waals surface area contributed by atoms with Crippen LogP contribution in [0.5, 0.6) is 0 Å². The highest BCUT2D eigenvalue weighted by molar-refractivity contribution is 4.99. The first-order valence-electron chi connectivity index (χ1n) is 6.22. The van der Waals surface area contributed by atoms with E-state index in [2.05, 4.69) is 16.4 Å². The van der Waals surface area contributed by atoms with Gasteiger partial charge in [0.2, 0.25) is 0 Å². The van der Waals surface area contributed by atoms with E-state index >= 15 is 0 Å². The van der Waals surface area contributed by atoms with E-state index in [1.165, 1.54) is 0 Å². The highest BCUT2D eigenvalue weighted by Gasteiger charge is 2.26. The Labute approximate surface area is 100 Å². The van der Waals surface area contributed by atoms with E-state index in [9.17, 15) is 4.39 Å². The quantitative estimate of drug-likeness (QED) is 0.735. The van der Waals surface area contributed by atoms with Gasteiger partial charge in [0.05, 0.1) is 0 Å². The van der Waals surface area contributed by atoms with Crippen molar-refractivity contribution in [2.75, 3.05) is 33.7 Å². The predicted molar refractivity (Wildman–Crippen MR) is 69.3 cm³/mol. The van der Waals surface area contributed by atoms with Crippen LogP contribution in [0.4, 0.5) is 4.39 Å². The number of likely N-dealkylation sites (N-methyl/N-ethyl adjacent to an activating group) is 1. The lowest BCUT2D eigenvalue weighted by Crippen LogP contribution is -2.41. The Kier molecular flexibility index (Phi) is 7.39. The Morgan fingerprint density at radius 3 is 2.44 bits per heavy atom. The second-order valence-corrected chi connectivity index (χ2v) is 4.53. The number of likely N-dealkylation sites (tertiary alicyclic amines) is 1. The summed E-state index contributed by atoms with van der Waals surface area (Å²) in [6, 6.07) is 0. The summed E-state index contributed by atoms with van der Waals surface area (Å²) in [7, 11) is 4.01. The molecule has 1 aliphatic heterocycles. The third-order valence-corrected chi connectivity index (χ3v) is 2.81. The zero-order chi connectivity index (χ0) is 12.7. The fourth-order valence-corrected chi connectivity index (χ4v) is 1.77. The Bertz CT molecular complexity index is 204. The molecule has 0 aromatic rings. The first-order valence-corrected chi connectivity index (χ1v) is 6.22. The first kappa shape index (κ1) is 15.4. The molecule has 2 unspecified atom stereocenters. The molecule has 0 aromatic carbocycles. The summed E-state index contributed by atoms with van der Waals surface area (Å²) in [5.74, 6) is 0.207. The average Bonchev–Trinajstić information content (AvgIpc) is 2.24. The number of nitrogens with zero attached hydrogens (tertiary/aromatic N) is 2. The van der Waals surface area contributed by atoms with Crippen LogP contribution in [0.25, 0.3) is 0 Å². The minimum atomic E-state index is -0.692. The maximum Gasteiger partial charge on any atom is 0.120 e. The molecular formula is C13H27FN2. The SMILES string of the molecule is C=C(CN(C)C)N1CCC(C)C(F)C1.CC. The van der Waals surface area contributed by atoms with Gasteiger partial charge in [-0.2, -0.15) is 0 Å². The molecule has 1 rings (SSSR count). The van der Waals surface area contributed by atoms with Gasteiger partial charge in [0.15, 0.2) is 0 Å². The lowest BCUT2D eigenvalue weighted by atomic mass is 9.97. The van der Waals surface area contributed by atoms with Gasteiger partial charge in [-0.3, -0.25) is 0 Å². The van der Waals surface area contributed by atoms with Gasteiger partial charge < -0.3 is 9.80 Å². The van der Waals surface area contributed by atoms with E-state index in [0.717, 1.165) is 25.2 Å². The van der Waals surface area contributed by atoms with Crippen LogP contribution in [0, 0.1) is 5.92 Å². The zero-order valence-corrected chi connectivity index (χ0v) is 11.5. The number of rotatable bonds is 3. The second-order valence-electron chi connectivity index (χ2n) is 4.53. The number of piperidine rings is 1. The molecule has 0 bridgehead atoms. The molecule has 1 aliphatic rings. The predicted octanol–water partition coefficient (Wildman–Crippen LogP) is 2.77. The van der Waals surface area contributed by atoms with Crippen LogP contribution in [-0.2, 0) is 0 Å². The van der Waals surface area contributed by atoms with Gasteiger partial charge in [-0.05, 0) is 26.4 Å². The minimum absolute atomic E-state index is 0.207. The summed E-state index contributed by atoms with van der Waals surface area (Å²) in [4.78, 5) is 4.14. The first-order chi connectivity index (χ1) is 7.50. The van der Waals surface area contributed by atoms with Crippen molar-refractivity contribution in [2.24, 2.45) is 5.92 Å². The average molecular weight is 230 g/mol. The van der Waals surface area contributed by atoms with Crippen molar-refractivity contribution in [3.63, 3.8) is 0 Å². The number of alkyl halides is 1. The molecule has 0 aliphatic carbocycles.